The summed E-state index contributed by atoms with van der Waals surface area (Å²) in [4.78, 5) is 14.9. The first-order chi connectivity index (χ1) is 15.2. The highest BCUT2D eigenvalue weighted by molar-refractivity contribution is 7.89. The van der Waals surface area contributed by atoms with Crippen molar-refractivity contribution in [3.63, 3.8) is 0 Å². The van der Waals surface area contributed by atoms with E-state index in [1.807, 2.05) is 0 Å². The van der Waals surface area contributed by atoms with E-state index in [4.69, 9.17) is 4.74 Å². The summed E-state index contributed by atoms with van der Waals surface area (Å²) in [5, 5.41) is 0. The van der Waals surface area contributed by atoms with Crippen LogP contribution in [0.15, 0.2) is 47.4 Å². The first-order valence-electron chi connectivity index (χ1n) is 10.3. The Morgan fingerprint density at radius 1 is 0.875 bits per heavy atom. The van der Waals surface area contributed by atoms with E-state index < -0.39 is 27.1 Å². The van der Waals surface area contributed by atoms with Crippen molar-refractivity contribution in [3.8, 4) is 0 Å². The average molecular weight is 468 g/mol. The van der Waals surface area contributed by atoms with Crippen LogP contribution in [0.25, 0.3) is 0 Å². The number of rotatable bonds is 4. The molecule has 10 heteroatoms. The number of ether oxygens (including phenoxy) is 1. The molecular formula is C22H23F3N2O4S. The Morgan fingerprint density at radius 3 is 2.09 bits per heavy atom. The molecule has 0 unspecified atom stereocenters. The molecule has 2 aromatic rings. The zero-order valence-corrected chi connectivity index (χ0v) is 18.1. The SMILES string of the molecule is O=C(N1CCN(S(=O)(=O)c2ccc(F)c(F)c2)CC1)C1(c2ccc(F)cc2)CCOCC1. The van der Waals surface area contributed by atoms with Gasteiger partial charge in [0.05, 0.1) is 10.3 Å². The minimum atomic E-state index is -4.02. The van der Waals surface area contributed by atoms with Crippen molar-refractivity contribution in [2.45, 2.75) is 23.2 Å². The molecule has 0 radical (unpaired) electrons. The largest absolute Gasteiger partial charge is 0.381 e. The van der Waals surface area contributed by atoms with Gasteiger partial charge in [0.1, 0.15) is 5.82 Å². The molecule has 2 aliphatic heterocycles. The maximum absolute atomic E-state index is 13.6. The summed E-state index contributed by atoms with van der Waals surface area (Å²) in [5.41, 5.74) is -0.142. The molecule has 2 aliphatic rings. The number of hydrogen-bond acceptors (Lipinski definition) is 4. The number of hydrogen-bond donors (Lipinski definition) is 0. The Morgan fingerprint density at radius 2 is 1.50 bits per heavy atom. The average Bonchev–Trinajstić information content (AvgIpc) is 2.81. The molecule has 2 heterocycles. The van der Waals surface area contributed by atoms with Crippen molar-refractivity contribution in [3.05, 3.63) is 65.5 Å². The van der Waals surface area contributed by atoms with Crippen LogP contribution in [0.5, 0.6) is 0 Å². The number of benzene rings is 2. The Balaban J connectivity index is 1.51. The first kappa shape index (κ1) is 22.8. The van der Waals surface area contributed by atoms with Gasteiger partial charge in [0, 0.05) is 39.4 Å². The molecule has 0 N–H and O–H groups in total. The van der Waals surface area contributed by atoms with Crippen LogP contribution >= 0.6 is 0 Å². The maximum Gasteiger partial charge on any atom is 0.243 e. The number of carbonyl (C=O) groups excluding carboxylic acids is 1. The van der Waals surface area contributed by atoms with E-state index >= 15 is 0 Å². The molecule has 2 saturated heterocycles. The van der Waals surface area contributed by atoms with Gasteiger partial charge in [0.2, 0.25) is 15.9 Å². The number of halogens is 3. The molecule has 0 atom stereocenters. The van der Waals surface area contributed by atoms with Gasteiger partial charge in [-0.25, -0.2) is 21.6 Å². The summed E-state index contributed by atoms with van der Waals surface area (Å²) >= 11 is 0. The van der Waals surface area contributed by atoms with Crippen molar-refractivity contribution in [1.29, 1.82) is 0 Å². The van der Waals surface area contributed by atoms with Gasteiger partial charge in [0.15, 0.2) is 11.6 Å². The highest BCUT2D eigenvalue weighted by atomic mass is 32.2. The van der Waals surface area contributed by atoms with Gasteiger partial charge in [-0.1, -0.05) is 12.1 Å². The highest BCUT2D eigenvalue weighted by Crippen LogP contribution is 2.37. The molecule has 2 aromatic carbocycles. The van der Waals surface area contributed by atoms with Gasteiger partial charge in [-0.3, -0.25) is 4.79 Å². The van der Waals surface area contributed by atoms with Gasteiger partial charge >= 0.3 is 0 Å². The van der Waals surface area contributed by atoms with E-state index in [-0.39, 0.29) is 42.8 Å². The van der Waals surface area contributed by atoms with Crippen LogP contribution in [0.2, 0.25) is 0 Å². The second kappa shape index (κ2) is 8.84. The van der Waals surface area contributed by atoms with Gasteiger partial charge < -0.3 is 9.64 Å². The van der Waals surface area contributed by atoms with Crippen LogP contribution < -0.4 is 0 Å². The van der Waals surface area contributed by atoms with Crippen LogP contribution in [0.3, 0.4) is 0 Å². The smallest absolute Gasteiger partial charge is 0.243 e. The fourth-order valence-electron chi connectivity index (χ4n) is 4.34. The molecule has 1 amide bonds. The number of piperazine rings is 1. The van der Waals surface area contributed by atoms with Gasteiger partial charge in [-0.15, -0.1) is 0 Å². The van der Waals surface area contributed by atoms with Gasteiger partial charge in [0.25, 0.3) is 0 Å². The fourth-order valence-corrected chi connectivity index (χ4v) is 5.77. The lowest BCUT2D eigenvalue weighted by Crippen LogP contribution is -2.56. The summed E-state index contributed by atoms with van der Waals surface area (Å²) in [5.74, 6) is -2.89. The molecule has 0 saturated carbocycles. The number of carbonyl (C=O) groups is 1. The number of sulfonamides is 1. The van der Waals surface area contributed by atoms with Gasteiger partial charge in [-0.2, -0.15) is 4.31 Å². The minimum absolute atomic E-state index is 0.0308. The predicted octanol–water partition coefficient (Wildman–Crippen LogP) is 2.69. The number of amides is 1. The summed E-state index contributed by atoms with van der Waals surface area (Å²) in [6.45, 7) is 1.17. The normalized spacial score (nSPS) is 19.7. The second-order valence-corrected chi connectivity index (χ2v) is 9.91. The third-order valence-corrected chi connectivity index (χ3v) is 8.10. The zero-order chi connectivity index (χ0) is 22.9. The Kier molecular flexibility index (Phi) is 6.28. The van der Waals surface area contributed by atoms with E-state index in [1.54, 1.807) is 17.0 Å². The molecule has 172 valence electrons. The third-order valence-electron chi connectivity index (χ3n) is 6.21. The lowest BCUT2D eigenvalue weighted by atomic mass is 9.73. The van der Waals surface area contributed by atoms with E-state index in [1.165, 1.54) is 12.1 Å². The molecule has 0 bridgehead atoms. The second-order valence-electron chi connectivity index (χ2n) is 7.97. The van der Waals surface area contributed by atoms with Crippen molar-refractivity contribution in [2.75, 3.05) is 39.4 Å². The van der Waals surface area contributed by atoms with Crippen LogP contribution in [0.1, 0.15) is 18.4 Å². The monoisotopic (exact) mass is 468 g/mol. The molecular weight excluding hydrogens is 445 g/mol. The fraction of sp³-hybridized carbons (Fsp3) is 0.409. The standard InChI is InChI=1S/C22H23F3N2O4S/c23-17-3-1-16(2-4-17)22(7-13-31-14-8-22)21(28)26-9-11-27(12-10-26)32(29,30)18-5-6-19(24)20(25)15-18/h1-6,15H,7-14H2. The Bertz CT molecular complexity index is 1090. The third kappa shape index (κ3) is 4.14. The molecule has 0 aromatic heterocycles. The molecule has 4 rings (SSSR count). The molecule has 2 fully saturated rings. The summed E-state index contributed by atoms with van der Waals surface area (Å²) in [7, 11) is -4.02. The van der Waals surface area contributed by atoms with Crippen molar-refractivity contribution in [2.24, 2.45) is 0 Å². The van der Waals surface area contributed by atoms with E-state index in [0.717, 1.165) is 16.4 Å². The summed E-state index contributed by atoms with van der Waals surface area (Å²) in [6.07, 6.45) is 0.898. The van der Waals surface area contributed by atoms with Crippen LogP contribution in [-0.2, 0) is 25.0 Å². The van der Waals surface area contributed by atoms with Gasteiger partial charge in [-0.05, 0) is 48.7 Å². The Hall–Kier alpha value is -2.43. The Labute approximate surface area is 184 Å². The highest BCUT2D eigenvalue weighted by Gasteiger charge is 2.45. The van der Waals surface area contributed by atoms with E-state index in [0.29, 0.717) is 37.7 Å². The molecule has 6 nitrogen and oxygen atoms in total. The summed E-state index contributed by atoms with van der Waals surface area (Å²) in [6, 6.07) is 8.34. The number of nitrogens with zero attached hydrogens (tertiary/aromatic N) is 2. The summed E-state index contributed by atoms with van der Waals surface area (Å²) < 4.78 is 72.4. The first-order valence-corrected chi connectivity index (χ1v) is 11.8. The topological polar surface area (TPSA) is 66.9 Å². The van der Waals surface area contributed by atoms with Crippen molar-refractivity contribution in [1.82, 2.24) is 9.21 Å². The van der Waals surface area contributed by atoms with Crippen LogP contribution in [0, 0.1) is 17.5 Å². The quantitative estimate of drug-likeness (QED) is 0.692. The maximum atomic E-state index is 13.6. The van der Waals surface area contributed by atoms with Crippen LogP contribution in [0.4, 0.5) is 13.2 Å². The zero-order valence-electron chi connectivity index (χ0n) is 17.3. The van der Waals surface area contributed by atoms with E-state index in [2.05, 4.69) is 0 Å². The van der Waals surface area contributed by atoms with Crippen molar-refractivity contribution < 1.29 is 31.1 Å². The van der Waals surface area contributed by atoms with Crippen LogP contribution in [-0.4, -0.2) is 62.9 Å². The molecule has 0 spiro atoms. The minimum Gasteiger partial charge on any atom is -0.381 e. The predicted molar refractivity (Wildman–Crippen MR) is 110 cm³/mol. The molecule has 0 aliphatic carbocycles. The van der Waals surface area contributed by atoms with E-state index in [9.17, 15) is 26.4 Å². The lowest BCUT2D eigenvalue weighted by Gasteiger charge is -2.42. The lowest BCUT2D eigenvalue weighted by molar-refractivity contribution is -0.142. The van der Waals surface area contributed by atoms with Crippen molar-refractivity contribution >= 4 is 15.9 Å². The molecule has 32 heavy (non-hydrogen) atoms.